The van der Waals surface area contributed by atoms with Gasteiger partial charge in [-0.2, -0.15) is 0 Å². The van der Waals surface area contributed by atoms with E-state index in [4.69, 9.17) is 0 Å². The van der Waals surface area contributed by atoms with Gasteiger partial charge in [-0.3, -0.25) is 0 Å². The van der Waals surface area contributed by atoms with E-state index in [1.165, 1.54) is 4.90 Å². The van der Waals surface area contributed by atoms with Gasteiger partial charge < -0.3 is 5.11 Å². The Labute approximate surface area is 106 Å². The number of nitrogens with zero attached hydrogens (tertiary/aromatic N) is 1. The minimum atomic E-state index is -0.977. The zero-order chi connectivity index (χ0) is 13.1. The number of para-hydroxylation sites is 1. The fourth-order valence-corrected chi connectivity index (χ4v) is 1.91. The summed E-state index contributed by atoms with van der Waals surface area (Å²) in [6.45, 7) is 3.91. The predicted molar refractivity (Wildman–Crippen MR) is 72.5 cm³/mol. The first-order chi connectivity index (χ1) is 8.61. The molecule has 0 fully saturated rings. The molecule has 1 N–H and O–H groups in total. The first-order valence-corrected chi connectivity index (χ1v) is 5.75. The molecule has 0 radical (unpaired) electrons. The third-order valence-electron chi connectivity index (χ3n) is 3.02. The van der Waals surface area contributed by atoms with Gasteiger partial charge >= 0.3 is 6.09 Å². The van der Waals surface area contributed by atoms with Crippen LogP contribution in [0.1, 0.15) is 11.1 Å². The number of rotatable bonds is 2. The fourth-order valence-electron chi connectivity index (χ4n) is 1.91. The molecule has 2 rings (SSSR count). The minimum Gasteiger partial charge on any atom is -0.464 e. The van der Waals surface area contributed by atoms with E-state index in [0.29, 0.717) is 11.4 Å². The zero-order valence-corrected chi connectivity index (χ0v) is 10.4. The molecule has 0 aliphatic rings. The van der Waals surface area contributed by atoms with Gasteiger partial charge in [0, 0.05) is 0 Å². The van der Waals surface area contributed by atoms with Crippen molar-refractivity contribution in [2.24, 2.45) is 0 Å². The van der Waals surface area contributed by atoms with Crippen LogP contribution < -0.4 is 4.90 Å². The molecule has 0 saturated carbocycles. The lowest BCUT2D eigenvalue weighted by Crippen LogP contribution is -2.24. The van der Waals surface area contributed by atoms with Crippen LogP contribution in [0.2, 0.25) is 0 Å². The molecule has 0 aromatic heterocycles. The van der Waals surface area contributed by atoms with Crippen molar-refractivity contribution >= 4 is 17.5 Å². The normalized spacial score (nSPS) is 10.1. The Morgan fingerprint density at radius 2 is 1.67 bits per heavy atom. The number of anilines is 2. The molecule has 2 aromatic carbocycles. The molecular weight excluding hydrogens is 226 g/mol. The average Bonchev–Trinajstić information content (AvgIpc) is 2.36. The summed E-state index contributed by atoms with van der Waals surface area (Å²) in [5, 5.41) is 9.42. The second-order valence-corrected chi connectivity index (χ2v) is 4.17. The molecule has 0 bridgehead atoms. The van der Waals surface area contributed by atoms with Crippen LogP contribution >= 0.6 is 0 Å². The molecule has 18 heavy (non-hydrogen) atoms. The van der Waals surface area contributed by atoms with Gasteiger partial charge in [-0.05, 0) is 43.2 Å². The molecule has 0 aliphatic carbocycles. The summed E-state index contributed by atoms with van der Waals surface area (Å²) < 4.78 is 0. The van der Waals surface area contributed by atoms with Gasteiger partial charge in [0.2, 0.25) is 0 Å². The third-order valence-corrected chi connectivity index (χ3v) is 3.02. The van der Waals surface area contributed by atoms with Gasteiger partial charge in [0.15, 0.2) is 0 Å². The van der Waals surface area contributed by atoms with Crippen LogP contribution in [-0.4, -0.2) is 11.2 Å². The second-order valence-electron chi connectivity index (χ2n) is 4.17. The summed E-state index contributed by atoms with van der Waals surface area (Å²) in [5.74, 6) is 0. The van der Waals surface area contributed by atoms with E-state index in [-0.39, 0.29) is 0 Å². The SMILES string of the molecule is Cc1cccc(N(C(=O)O)c2ccccc2)c1C. The van der Waals surface area contributed by atoms with E-state index in [0.717, 1.165) is 11.1 Å². The maximum atomic E-state index is 11.5. The summed E-state index contributed by atoms with van der Waals surface area (Å²) in [7, 11) is 0. The lowest BCUT2D eigenvalue weighted by molar-refractivity contribution is 0.204. The molecule has 0 spiro atoms. The molecule has 0 unspecified atom stereocenters. The van der Waals surface area contributed by atoms with Crippen molar-refractivity contribution in [1.29, 1.82) is 0 Å². The first kappa shape index (κ1) is 12.2. The van der Waals surface area contributed by atoms with E-state index in [2.05, 4.69) is 0 Å². The lowest BCUT2D eigenvalue weighted by Gasteiger charge is -2.22. The molecule has 0 saturated heterocycles. The number of aryl methyl sites for hydroxylation is 1. The van der Waals surface area contributed by atoms with Crippen LogP contribution in [0.25, 0.3) is 0 Å². The number of hydrogen-bond donors (Lipinski definition) is 1. The quantitative estimate of drug-likeness (QED) is 0.859. The smallest absolute Gasteiger partial charge is 0.416 e. The van der Waals surface area contributed by atoms with Crippen molar-refractivity contribution in [3.8, 4) is 0 Å². The molecule has 0 heterocycles. The van der Waals surface area contributed by atoms with Crippen LogP contribution in [0.15, 0.2) is 48.5 Å². The van der Waals surface area contributed by atoms with Gasteiger partial charge in [-0.1, -0.05) is 30.3 Å². The topological polar surface area (TPSA) is 40.5 Å². The van der Waals surface area contributed by atoms with E-state index < -0.39 is 6.09 Å². The van der Waals surface area contributed by atoms with E-state index in [9.17, 15) is 9.90 Å². The Bertz CT molecular complexity index is 564. The van der Waals surface area contributed by atoms with Gasteiger partial charge in [0.05, 0.1) is 11.4 Å². The van der Waals surface area contributed by atoms with Crippen LogP contribution in [0.4, 0.5) is 16.2 Å². The van der Waals surface area contributed by atoms with Crippen LogP contribution in [-0.2, 0) is 0 Å². The Kier molecular flexibility index (Phi) is 3.33. The number of benzene rings is 2. The van der Waals surface area contributed by atoms with Crippen molar-refractivity contribution in [3.63, 3.8) is 0 Å². The van der Waals surface area contributed by atoms with Gasteiger partial charge in [0.1, 0.15) is 0 Å². The van der Waals surface area contributed by atoms with Crippen LogP contribution in [0.3, 0.4) is 0 Å². The highest BCUT2D eigenvalue weighted by Gasteiger charge is 2.18. The average molecular weight is 241 g/mol. The van der Waals surface area contributed by atoms with Crippen LogP contribution in [0, 0.1) is 13.8 Å². The second kappa shape index (κ2) is 4.92. The number of carboxylic acid groups (broad SMARTS) is 1. The highest BCUT2D eigenvalue weighted by atomic mass is 16.4. The minimum absolute atomic E-state index is 0.652. The Hall–Kier alpha value is -2.29. The van der Waals surface area contributed by atoms with Gasteiger partial charge in [-0.25, -0.2) is 9.69 Å². The van der Waals surface area contributed by atoms with Crippen molar-refractivity contribution in [1.82, 2.24) is 0 Å². The van der Waals surface area contributed by atoms with Crippen molar-refractivity contribution in [2.45, 2.75) is 13.8 Å². The van der Waals surface area contributed by atoms with Crippen molar-refractivity contribution in [2.75, 3.05) is 4.90 Å². The highest BCUT2D eigenvalue weighted by Crippen LogP contribution is 2.29. The highest BCUT2D eigenvalue weighted by molar-refractivity contribution is 5.95. The molecule has 2 aromatic rings. The molecule has 1 amide bonds. The number of hydrogen-bond acceptors (Lipinski definition) is 1. The van der Waals surface area contributed by atoms with Gasteiger partial charge in [-0.15, -0.1) is 0 Å². The molecule has 92 valence electrons. The molecule has 3 heteroatoms. The largest absolute Gasteiger partial charge is 0.464 e. The Morgan fingerprint density at radius 1 is 1.00 bits per heavy atom. The van der Waals surface area contributed by atoms with Crippen molar-refractivity contribution < 1.29 is 9.90 Å². The Balaban J connectivity index is 2.56. The summed E-state index contributed by atoms with van der Waals surface area (Å²) >= 11 is 0. The maximum absolute atomic E-state index is 11.5. The predicted octanol–water partition coefficient (Wildman–Crippen LogP) is 4.12. The monoisotopic (exact) mass is 241 g/mol. The standard InChI is InChI=1S/C15H15NO2/c1-11-7-6-10-14(12(11)2)16(15(17)18)13-8-4-3-5-9-13/h3-10H,1-2H3,(H,17,18). The summed E-state index contributed by atoms with van der Waals surface area (Å²) in [5.41, 5.74) is 3.41. The third kappa shape index (κ3) is 2.20. The molecule has 0 aliphatic heterocycles. The summed E-state index contributed by atoms with van der Waals surface area (Å²) in [6, 6.07) is 14.8. The van der Waals surface area contributed by atoms with Crippen LogP contribution in [0.5, 0.6) is 0 Å². The van der Waals surface area contributed by atoms with Crippen molar-refractivity contribution in [3.05, 3.63) is 59.7 Å². The van der Waals surface area contributed by atoms with E-state index in [1.54, 1.807) is 12.1 Å². The zero-order valence-electron chi connectivity index (χ0n) is 10.4. The van der Waals surface area contributed by atoms with E-state index in [1.807, 2.05) is 50.2 Å². The number of carbonyl (C=O) groups is 1. The van der Waals surface area contributed by atoms with E-state index >= 15 is 0 Å². The van der Waals surface area contributed by atoms with Gasteiger partial charge in [0.25, 0.3) is 0 Å². The first-order valence-electron chi connectivity index (χ1n) is 5.75. The fraction of sp³-hybridized carbons (Fsp3) is 0.133. The summed E-state index contributed by atoms with van der Waals surface area (Å²) in [4.78, 5) is 12.8. The lowest BCUT2D eigenvalue weighted by atomic mass is 10.1. The number of amides is 1. The molecular formula is C15H15NO2. The summed E-state index contributed by atoms with van der Waals surface area (Å²) in [6.07, 6.45) is -0.977. The molecule has 0 atom stereocenters. The Morgan fingerprint density at radius 3 is 2.28 bits per heavy atom. The maximum Gasteiger partial charge on any atom is 0.416 e. The molecule has 3 nitrogen and oxygen atoms in total.